The van der Waals surface area contributed by atoms with E-state index in [0.29, 0.717) is 0 Å². The molecule has 1 fully saturated rings. The van der Waals surface area contributed by atoms with Gasteiger partial charge in [0.05, 0.1) is 28.6 Å². The van der Waals surface area contributed by atoms with Crippen molar-refractivity contribution in [3.05, 3.63) is 46.3 Å². The first-order valence-corrected chi connectivity index (χ1v) is 7.84. The third kappa shape index (κ3) is 3.63. The number of alkyl halides is 3. The van der Waals surface area contributed by atoms with Gasteiger partial charge in [0, 0.05) is 25.2 Å². The Morgan fingerprint density at radius 2 is 2.00 bits per heavy atom. The van der Waals surface area contributed by atoms with Crippen LogP contribution in [0.1, 0.15) is 10.5 Å². The standard InChI is InChI=1S/C15H12F3N5O5/c16-15(17,18)11-6-21(5-10(11)14(25)26)13(24)12-7-22(20-19-12)8-2-1-3-9(4-8)23(27)28/h1-4,7,10-11H,5-6H2,(H,25,26)/t10-,11-/m1/s1. The fraction of sp³-hybridized carbons (Fsp3) is 0.333. The molecule has 1 amide bonds. The molecule has 148 valence electrons. The second kappa shape index (κ2) is 6.90. The first kappa shape index (κ1) is 19.3. The molecule has 2 heterocycles. The number of hydrogen-bond donors (Lipinski definition) is 1. The Morgan fingerprint density at radius 3 is 2.57 bits per heavy atom. The van der Waals surface area contributed by atoms with Crippen LogP contribution in [0.25, 0.3) is 5.69 Å². The minimum Gasteiger partial charge on any atom is -0.481 e. The van der Waals surface area contributed by atoms with Crippen molar-refractivity contribution in [2.75, 3.05) is 13.1 Å². The lowest BCUT2D eigenvalue weighted by atomic mass is 9.96. The lowest BCUT2D eigenvalue weighted by Crippen LogP contribution is -2.34. The van der Waals surface area contributed by atoms with Crippen molar-refractivity contribution < 1.29 is 32.8 Å². The van der Waals surface area contributed by atoms with E-state index in [9.17, 15) is 32.9 Å². The van der Waals surface area contributed by atoms with Crippen LogP contribution in [0.15, 0.2) is 30.5 Å². The number of carboxylic acids is 1. The van der Waals surface area contributed by atoms with Crippen molar-refractivity contribution in [2.45, 2.75) is 6.18 Å². The summed E-state index contributed by atoms with van der Waals surface area (Å²) in [5, 5.41) is 27.1. The topological polar surface area (TPSA) is 131 Å². The second-order valence-corrected chi connectivity index (χ2v) is 6.13. The number of carbonyl (C=O) groups is 2. The molecule has 0 unspecified atom stereocenters. The van der Waals surface area contributed by atoms with Crippen LogP contribution in [0, 0.1) is 22.0 Å². The van der Waals surface area contributed by atoms with Gasteiger partial charge in [-0.3, -0.25) is 19.7 Å². The van der Waals surface area contributed by atoms with E-state index < -0.39 is 47.9 Å². The van der Waals surface area contributed by atoms with E-state index in [1.807, 2.05) is 0 Å². The van der Waals surface area contributed by atoms with Gasteiger partial charge in [-0.2, -0.15) is 13.2 Å². The molecule has 0 bridgehead atoms. The molecule has 28 heavy (non-hydrogen) atoms. The van der Waals surface area contributed by atoms with Crippen molar-refractivity contribution in [3.8, 4) is 5.69 Å². The van der Waals surface area contributed by atoms with Crippen molar-refractivity contribution in [2.24, 2.45) is 11.8 Å². The largest absolute Gasteiger partial charge is 0.481 e. The zero-order chi connectivity index (χ0) is 20.6. The highest BCUT2D eigenvalue weighted by atomic mass is 19.4. The first-order chi connectivity index (χ1) is 13.1. The number of hydrogen-bond acceptors (Lipinski definition) is 6. The number of halogens is 3. The molecule has 1 saturated heterocycles. The summed E-state index contributed by atoms with van der Waals surface area (Å²) in [5.41, 5.74) is -0.310. The number of likely N-dealkylation sites (tertiary alicyclic amines) is 1. The molecular weight excluding hydrogens is 387 g/mol. The molecule has 13 heteroatoms. The molecule has 3 rings (SSSR count). The minimum absolute atomic E-state index is 0.221. The van der Waals surface area contributed by atoms with E-state index in [1.165, 1.54) is 24.3 Å². The van der Waals surface area contributed by atoms with Crippen molar-refractivity contribution in [1.82, 2.24) is 19.9 Å². The summed E-state index contributed by atoms with van der Waals surface area (Å²) in [6.45, 7) is -1.41. The number of nitrogens with zero attached hydrogens (tertiary/aromatic N) is 5. The quantitative estimate of drug-likeness (QED) is 0.609. The summed E-state index contributed by atoms with van der Waals surface area (Å²) in [6, 6.07) is 5.29. The maximum atomic E-state index is 13.1. The molecule has 0 aliphatic carbocycles. The first-order valence-electron chi connectivity index (χ1n) is 7.84. The van der Waals surface area contributed by atoms with Crippen LogP contribution in [0.3, 0.4) is 0 Å². The SMILES string of the molecule is O=C(O)[C@@H]1CN(C(=O)c2cn(-c3cccc([N+](=O)[O-])c3)nn2)C[C@H]1C(F)(F)F. The Hall–Kier alpha value is -3.51. The highest BCUT2D eigenvalue weighted by Crippen LogP contribution is 2.38. The monoisotopic (exact) mass is 399 g/mol. The predicted octanol–water partition coefficient (Wildman–Crippen LogP) is 1.51. The molecule has 2 aromatic rings. The molecule has 10 nitrogen and oxygen atoms in total. The molecule has 1 aliphatic rings. The number of benzene rings is 1. The number of non-ortho nitro benzene ring substituents is 1. The Morgan fingerprint density at radius 1 is 1.29 bits per heavy atom. The van der Waals surface area contributed by atoms with Crippen LogP contribution < -0.4 is 0 Å². The predicted molar refractivity (Wildman–Crippen MR) is 84.6 cm³/mol. The van der Waals surface area contributed by atoms with Crippen molar-refractivity contribution >= 4 is 17.6 Å². The van der Waals surface area contributed by atoms with E-state index in [1.54, 1.807) is 0 Å². The second-order valence-electron chi connectivity index (χ2n) is 6.13. The van der Waals surface area contributed by atoms with Gasteiger partial charge < -0.3 is 10.0 Å². The third-order valence-electron chi connectivity index (χ3n) is 4.36. The summed E-state index contributed by atoms with van der Waals surface area (Å²) >= 11 is 0. The molecule has 2 atom stereocenters. The lowest BCUT2D eigenvalue weighted by Gasteiger charge is -2.17. The van der Waals surface area contributed by atoms with Crippen LogP contribution >= 0.6 is 0 Å². The molecular formula is C15H12F3N5O5. The van der Waals surface area contributed by atoms with Crippen molar-refractivity contribution in [3.63, 3.8) is 0 Å². The van der Waals surface area contributed by atoms with Gasteiger partial charge >= 0.3 is 12.1 Å². The normalized spacial score (nSPS) is 19.6. The molecule has 0 spiro atoms. The number of nitro benzene ring substituents is 1. The van der Waals surface area contributed by atoms with Gasteiger partial charge in [-0.1, -0.05) is 11.3 Å². The van der Waals surface area contributed by atoms with Crippen LogP contribution in [-0.2, 0) is 4.79 Å². The average Bonchev–Trinajstić information content (AvgIpc) is 3.28. The number of aromatic nitrogens is 3. The Balaban J connectivity index is 1.82. The van der Waals surface area contributed by atoms with Gasteiger partial charge in [-0.25, -0.2) is 4.68 Å². The highest BCUT2D eigenvalue weighted by Gasteiger charge is 2.53. The Kier molecular flexibility index (Phi) is 4.75. The van der Waals surface area contributed by atoms with E-state index in [-0.39, 0.29) is 17.1 Å². The fourth-order valence-corrected chi connectivity index (χ4v) is 2.95. The fourth-order valence-electron chi connectivity index (χ4n) is 2.95. The van der Waals surface area contributed by atoms with Crippen LogP contribution in [0.4, 0.5) is 18.9 Å². The molecule has 0 saturated carbocycles. The summed E-state index contributed by atoms with van der Waals surface area (Å²) in [4.78, 5) is 34.5. The van der Waals surface area contributed by atoms with E-state index in [2.05, 4.69) is 10.3 Å². The minimum atomic E-state index is -4.77. The summed E-state index contributed by atoms with van der Waals surface area (Å²) in [6.07, 6.45) is -3.66. The van der Waals surface area contributed by atoms with Gasteiger partial charge in [0.2, 0.25) is 0 Å². The van der Waals surface area contributed by atoms with Gasteiger partial charge in [0.25, 0.3) is 11.6 Å². The maximum absolute atomic E-state index is 13.1. The van der Waals surface area contributed by atoms with Gasteiger partial charge in [-0.15, -0.1) is 5.10 Å². The molecule has 1 aliphatic heterocycles. The zero-order valence-electron chi connectivity index (χ0n) is 13.9. The molecule has 1 aromatic carbocycles. The van der Waals surface area contributed by atoms with Crippen molar-refractivity contribution in [1.29, 1.82) is 0 Å². The summed E-state index contributed by atoms with van der Waals surface area (Å²) in [5.74, 6) is -6.50. The molecule has 1 N–H and O–H groups in total. The summed E-state index contributed by atoms with van der Waals surface area (Å²) < 4.78 is 40.2. The van der Waals surface area contributed by atoms with Crippen LogP contribution in [-0.4, -0.2) is 61.1 Å². The zero-order valence-corrected chi connectivity index (χ0v) is 13.9. The number of rotatable bonds is 4. The van der Waals surface area contributed by atoms with Crippen LogP contribution in [0.5, 0.6) is 0 Å². The third-order valence-corrected chi connectivity index (χ3v) is 4.36. The summed E-state index contributed by atoms with van der Waals surface area (Å²) in [7, 11) is 0. The maximum Gasteiger partial charge on any atom is 0.394 e. The Bertz CT molecular complexity index is 944. The smallest absolute Gasteiger partial charge is 0.394 e. The lowest BCUT2D eigenvalue weighted by molar-refractivity contribution is -0.384. The number of amides is 1. The van der Waals surface area contributed by atoms with E-state index in [4.69, 9.17) is 5.11 Å². The number of carboxylic acid groups (broad SMARTS) is 1. The number of nitro groups is 1. The molecule has 1 aromatic heterocycles. The highest BCUT2D eigenvalue weighted by molar-refractivity contribution is 5.92. The van der Waals surface area contributed by atoms with Gasteiger partial charge in [0.15, 0.2) is 5.69 Å². The number of aliphatic carboxylic acids is 1. The van der Waals surface area contributed by atoms with E-state index >= 15 is 0 Å². The Labute approximate surface area is 154 Å². The van der Waals surface area contributed by atoms with Gasteiger partial charge in [0.1, 0.15) is 0 Å². The molecule has 0 radical (unpaired) electrons. The van der Waals surface area contributed by atoms with Gasteiger partial charge in [-0.05, 0) is 6.07 Å². The van der Waals surface area contributed by atoms with E-state index in [0.717, 1.165) is 15.8 Å². The number of carbonyl (C=O) groups excluding carboxylic acids is 1. The average molecular weight is 399 g/mol. The van der Waals surface area contributed by atoms with Crippen LogP contribution in [0.2, 0.25) is 0 Å².